The van der Waals surface area contributed by atoms with E-state index in [1.807, 2.05) is 12.1 Å². The average Bonchev–Trinajstić information content (AvgIpc) is 2.30. The lowest BCUT2D eigenvalue weighted by molar-refractivity contribution is 0.100. The summed E-state index contributed by atoms with van der Waals surface area (Å²) in [6.45, 7) is 0. The van der Waals surface area contributed by atoms with Crippen LogP contribution in [0, 0.1) is 0 Å². The Bertz CT molecular complexity index is 541. The number of anilines is 1. The van der Waals surface area contributed by atoms with Crippen molar-refractivity contribution < 1.29 is 4.79 Å². The third-order valence-corrected chi connectivity index (χ3v) is 2.25. The van der Waals surface area contributed by atoms with E-state index in [0.29, 0.717) is 12.2 Å². The summed E-state index contributed by atoms with van der Waals surface area (Å²) in [5.41, 5.74) is 11.9. The molecule has 0 aromatic carbocycles. The van der Waals surface area contributed by atoms with Crippen LogP contribution in [0.2, 0.25) is 0 Å². The van der Waals surface area contributed by atoms with Crippen LogP contribution in [0.15, 0.2) is 30.7 Å². The summed E-state index contributed by atoms with van der Waals surface area (Å²) in [7, 11) is 0. The van der Waals surface area contributed by atoms with Crippen LogP contribution in [0.3, 0.4) is 0 Å². The second kappa shape index (κ2) is 4.56. The first-order valence-electron chi connectivity index (χ1n) is 4.97. The van der Waals surface area contributed by atoms with Crippen molar-refractivity contribution in [1.82, 2.24) is 15.0 Å². The zero-order chi connectivity index (χ0) is 12.3. The van der Waals surface area contributed by atoms with Gasteiger partial charge in [0.1, 0.15) is 11.6 Å². The average molecular weight is 229 g/mol. The molecule has 6 nitrogen and oxygen atoms in total. The molecule has 0 aliphatic heterocycles. The van der Waals surface area contributed by atoms with Crippen LogP contribution in [0.4, 0.5) is 5.82 Å². The molecule has 0 aliphatic rings. The van der Waals surface area contributed by atoms with Crippen LogP contribution in [0.25, 0.3) is 0 Å². The molecule has 2 aromatic heterocycles. The molecule has 0 saturated carbocycles. The van der Waals surface area contributed by atoms with E-state index in [4.69, 9.17) is 11.5 Å². The lowest BCUT2D eigenvalue weighted by Gasteiger charge is -2.03. The molecule has 2 heterocycles. The number of aromatic nitrogens is 3. The Morgan fingerprint density at radius 1 is 1.29 bits per heavy atom. The highest BCUT2D eigenvalue weighted by Crippen LogP contribution is 2.09. The van der Waals surface area contributed by atoms with Gasteiger partial charge in [-0.25, -0.2) is 9.97 Å². The summed E-state index contributed by atoms with van der Waals surface area (Å²) < 4.78 is 0. The van der Waals surface area contributed by atoms with Crippen molar-refractivity contribution in [2.24, 2.45) is 5.73 Å². The summed E-state index contributed by atoms with van der Waals surface area (Å²) >= 11 is 0. The zero-order valence-corrected chi connectivity index (χ0v) is 9.00. The minimum atomic E-state index is -0.627. The predicted octanol–water partition coefficient (Wildman–Crippen LogP) is 0.144. The Morgan fingerprint density at radius 2 is 2.00 bits per heavy atom. The summed E-state index contributed by atoms with van der Waals surface area (Å²) in [6.07, 6.45) is 5.26. The molecule has 0 atom stereocenters. The Labute approximate surface area is 97.7 Å². The number of carbonyl (C=O) groups excluding carboxylic acids is 1. The predicted molar refractivity (Wildman–Crippen MR) is 62.0 cm³/mol. The molecule has 0 unspecified atom stereocenters. The first-order chi connectivity index (χ1) is 8.16. The van der Waals surface area contributed by atoms with Crippen LogP contribution >= 0.6 is 0 Å². The highest BCUT2D eigenvalue weighted by atomic mass is 16.1. The van der Waals surface area contributed by atoms with Crippen LogP contribution < -0.4 is 11.5 Å². The fourth-order valence-electron chi connectivity index (χ4n) is 1.39. The second-order valence-electron chi connectivity index (χ2n) is 3.48. The summed E-state index contributed by atoms with van der Waals surface area (Å²) in [4.78, 5) is 22.9. The normalized spacial score (nSPS) is 10.1. The maximum Gasteiger partial charge on any atom is 0.254 e. The van der Waals surface area contributed by atoms with Gasteiger partial charge in [0, 0.05) is 25.0 Å². The van der Waals surface area contributed by atoms with Crippen molar-refractivity contribution in [3.8, 4) is 0 Å². The van der Waals surface area contributed by atoms with Gasteiger partial charge < -0.3 is 11.5 Å². The number of hydrogen-bond acceptors (Lipinski definition) is 5. The molecule has 1 amide bonds. The largest absolute Gasteiger partial charge is 0.383 e. The Kier molecular flexibility index (Phi) is 2.95. The van der Waals surface area contributed by atoms with E-state index >= 15 is 0 Å². The summed E-state index contributed by atoms with van der Waals surface area (Å²) in [5.74, 6) is 0.0215. The van der Waals surface area contributed by atoms with Gasteiger partial charge in [-0.1, -0.05) is 0 Å². The highest BCUT2D eigenvalue weighted by Gasteiger charge is 2.09. The third-order valence-electron chi connectivity index (χ3n) is 2.25. The minimum Gasteiger partial charge on any atom is -0.383 e. The molecule has 17 heavy (non-hydrogen) atoms. The standard InChI is InChI=1S/C11H11N5O/c12-10-8(11(13)17)6-15-9(16-10)5-7-1-3-14-4-2-7/h1-4,6H,5H2,(H2,13,17)(H2,12,15,16). The van der Waals surface area contributed by atoms with Crippen molar-refractivity contribution in [2.45, 2.75) is 6.42 Å². The van der Waals surface area contributed by atoms with Crippen LogP contribution in [-0.4, -0.2) is 20.9 Å². The van der Waals surface area contributed by atoms with Gasteiger partial charge in [-0.15, -0.1) is 0 Å². The van der Waals surface area contributed by atoms with Gasteiger partial charge in [-0.3, -0.25) is 9.78 Å². The molecule has 0 aliphatic carbocycles. The number of nitrogen functional groups attached to an aromatic ring is 1. The van der Waals surface area contributed by atoms with Crippen molar-refractivity contribution in [1.29, 1.82) is 0 Å². The molecule has 4 N–H and O–H groups in total. The molecule has 0 radical (unpaired) electrons. The van der Waals surface area contributed by atoms with Crippen LogP contribution in [-0.2, 0) is 6.42 Å². The van der Waals surface area contributed by atoms with E-state index in [1.165, 1.54) is 6.20 Å². The topological polar surface area (TPSA) is 108 Å². The molecular formula is C11H11N5O. The minimum absolute atomic E-state index is 0.108. The summed E-state index contributed by atoms with van der Waals surface area (Å²) in [5, 5.41) is 0. The smallest absolute Gasteiger partial charge is 0.254 e. The van der Waals surface area contributed by atoms with Gasteiger partial charge in [0.2, 0.25) is 0 Å². The SMILES string of the molecule is NC(=O)c1cnc(Cc2ccncc2)nc1N. The van der Waals surface area contributed by atoms with E-state index in [2.05, 4.69) is 15.0 Å². The van der Waals surface area contributed by atoms with Gasteiger partial charge in [0.25, 0.3) is 5.91 Å². The number of hydrogen-bond donors (Lipinski definition) is 2. The van der Waals surface area contributed by atoms with Gasteiger partial charge in [0.05, 0.1) is 5.56 Å². The molecule has 2 rings (SSSR count). The van der Waals surface area contributed by atoms with Gasteiger partial charge in [0.15, 0.2) is 0 Å². The van der Waals surface area contributed by atoms with Gasteiger partial charge >= 0.3 is 0 Å². The van der Waals surface area contributed by atoms with E-state index in [9.17, 15) is 4.79 Å². The summed E-state index contributed by atoms with van der Waals surface area (Å²) in [6, 6.07) is 3.73. The lowest BCUT2D eigenvalue weighted by Crippen LogP contribution is -2.16. The maximum absolute atomic E-state index is 10.9. The van der Waals surface area contributed by atoms with E-state index in [1.54, 1.807) is 12.4 Å². The highest BCUT2D eigenvalue weighted by molar-refractivity contribution is 5.96. The number of nitrogens with two attached hydrogens (primary N) is 2. The Balaban J connectivity index is 2.24. The van der Waals surface area contributed by atoms with Crippen molar-refractivity contribution in [3.05, 3.63) is 47.7 Å². The van der Waals surface area contributed by atoms with E-state index in [-0.39, 0.29) is 11.4 Å². The van der Waals surface area contributed by atoms with Gasteiger partial charge in [-0.05, 0) is 17.7 Å². The fourth-order valence-corrected chi connectivity index (χ4v) is 1.39. The van der Waals surface area contributed by atoms with Crippen molar-refractivity contribution in [2.75, 3.05) is 5.73 Å². The quantitative estimate of drug-likeness (QED) is 0.778. The molecule has 0 saturated heterocycles. The number of rotatable bonds is 3. The van der Waals surface area contributed by atoms with Crippen LogP contribution in [0.5, 0.6) is 0 Å². The number of pyridine rings is 1. The number of amides is 1. The van der Waals surface area contributed by atoms with Crippen LogP contribution in [0.1, 0.15) is 21.7 Å². The first kappa shape index (κ1) is 11.0. The zero-order valence-electron chi connectivity index (χ0n) is 9.00. The van der Waals surface area contributed by atoms with Gasteiger partial charge in [-0.2, -0.15) is 0 Å². The van der Waals surface area contributed by atoms with E-state index < -0.39 is 5.91 Å². The third kappa shape index (κ3) is 2.54. The van der Waals surface area contributed by atoms with Crippen molar-refractivity contribution in [3.63, 3.8) is 0 Å². The molecule has 86 valence electrons. The Morgan fingerprint density at radius 3 is 2.59 bits per heavy atom. The number of nitrogens with zero attached hydrogens (tertiary/aromatic N) is 3. The van der Waals surface area contributed by atoms with Crippen molar-refractivity contribution >= 4 is 11.7 Å². The number of primary amides is 1. The molecule has 0 spiro atoms. The lowest BCUT2D eigenvalue weighted by atomic mass is 10.2. The maximum atomic E-state index is 10.9. The molecule has 6 heteroatoms. The Hall–Kier alpha value is -2.50. The first-order valence-corrected chi connectivity index (χ1v) is 4.97. The monoisotopic (exact) mass is 229 g/mol. The van der Waals surface area contributed by atoms with E-state index in [0.717, 1.165) is 5.56 Å². The molecule has 2 aromatic rings. The second-order valence-corrected chi connectivity index (χ2v) is 3.48. The molecule has 0 bridgehead atoms. The number of carbonyl (C=O) groups is 1. The molecule has 0 fully saturated rings. The molecular weight excluding hydrogens is 218 g/mol. The fraction of sp³-hybridized carbons (Fsp3) is 0.0909.